The lowest BCUT2D eigenvalue weighted by atomic mass is 9.84. The van der Waals surface area contributed by atoms with Crippen molar-refractivity contribution >= 4 is 0 Å². The zero-order chi connectivity index (χ0) is 12.2. The highest BCUT2D eigenvalue weighted by Crippen LogP contribution is 2.32. The predicted molar refractivity (Wildman–Crippen MR) is 75.6 cm³/mol. The minimum Gasteiger partial charge on any atom is -0.298 e. The number of benzene rings is 1. The maximum atomic E-state index is 3.52. The van der Waals surface area contributed by atoms with Crippen molar-refractivity contribution in [2.75, 3.05) is 13.1 Å². The Morgan fingerprint density at radius 1 is 0.722 bits per heavy atom. The average molecular weight is 244 g/mol. The Kier molecular flexibility index (Phi) is 3.96. The number of nitrogens with one attached hydrogen (secondary N) is 2. The van der Waals surface area contributed by atoms with Gasteiger partial charge in [-0.25, -0.2) is 0 Å². The molecule has 0 amide bonds. The zero-order valence-corrected chi connectivity index (χ0v) is 11.1. The van der Waals surface area contributed by atoms with E-state index in [-0.39, 0.29) is 0 Å². The molecule has 1 heterocycles. The van der Waals surface area contributed by atoms with Gasteiger partial charge < -0.3 is 0 Å². The summed E-state index contributed by atoms with van der Waals surface area (Å²) >= 11 is 0. The Morgan fingerprint density at radius 2 is 1.33 bits per heavy atom. The molecule has 3 rings (SSSR count). The van der Waals surface area contributed by atoms with Gasteiger partial charge in [-0.15, -0.1) is 0 Å². The maximum absolute atomic E-state index is 3.52. The van der Waals surface area contributed by atoms with Crippen LogP contribution in [-0.4, -0.2) is 13.1 Å². The summed E-state index contributed by atoms with van der Waals surface area (Å²) in [5.41, 5.74) is 2.93. The number of rotatable bonds is 2. The van der Waals surface area contributed by atoms with Crippen LogP contribution in [0.2, 0.25) is 0 Å². The van der Waals surface area contributed by atoms with Gasteiger partial charge in [0.1, 0.15) is 0 Å². The molecule has 2 aliphatic rings. The molecule has 1 aliphatic carbocycles. The molecular formula is C16H24N2. The Labute approximate surface area is 110 Å². The van der Waals surface area contributed by atoms with E-state index in [1.807, 2.05) is 0 Å². The summed E-state index contributed by atoms with van der Waals surface area (Å²) in [5, 5.41) is 7.05. The van der Waals surface area contributed by atoms with Crippen LogP contribution in [0.1, 0.15) is 61.7 Å². The monoisotopic (exact) mass is 244 g/mol. The maximum Gasteiger partial charge on any atom is 0.0835 e. The van der Waals surface area contributed by atoms with Gasteiger partial charge in [-0.3, -0.25) is 10.6 Å². The molecule has 1 saturated heterocycles. The lowest BCUT2D eigenvalue weighted by molar-refractivity contribution is 0.380. The van der Waals surface area contributed by atoms with E-state index in [4.69, 9.17) is 0 Å². The molecule has 0 unspecified atom stereocenters. The highest BCUT2D eigenvalue weighted by Gasteiger charge is 2.17. The Balaban J connectivity index is 1.67. The predicted octanol–water partition coefficient (Wildman–Crippen LogP) is 3.32. The second kappa shape index (κ2) is 5.85. The van der Waals surface area contributed by atoms with E-state index >= 15 is 0 Å². The van der Waals surface area contributed by atoms with Gasteiger partial charge in [0.2, 0.25) is 0 Å². The second-order valence-electron chi connectivity index (χ2n) is 5.70. The van der Waals surface area contributed by atoms with Crippen molar-refractivity contribution in [2.45, 2.75) is 50.6 Å². The van der Waals surface area contributed by atoms with E-state index in [0.29, 0.717) is 6.17 Å². The zero-order valence-electron chi connectivity index (χ0n) is 11.1. The first kappa shape index (κ1) is 12.2. The fraction of sp³-hybridized carbons (Fsp3) is 0.625. The molecule has 1 aromatic rings. The van der Waals surface area contributed by atoms with Crippen LogP contribution in [0.4, 0.5) is 0 Å². The van der Waals surface area contributed by atoms with Gasteiger partial charge in [-0.05, 0) is 49.4 Å². The molecule has 0 spiro atoms. The van der Waals surface area contributed by atoms with E-state index in [1.165, 1.54) is 44.1 Å². The van der Waals surface area contributed by atoms with Crippen LogP contribution < -0.4 is 10.6 Å². The lowest BCUT2D eigenvalue weighted by Gasteiger charge is -2.26. The summed E-state index contributed by atoms with van der Waals surface area (Å²) in [6.45, 7) is 2.25. The van der Waals surface area contributed by atoms with Crippen LogP contribution in [0, 0.1) is 0 Å². The first-order chi connectivity index (χ1) is 8.93. The van der Waals surface area contributed by atoms with E-state index in [9.17, 15) is 0 Å². The molecule has 2 fully saturated rings. The number of hydrogen-bond donors (Lipinski definition) is 2. The van der Waals surface area contributed by atoms with Gasteiger partial charge in [0.25, 0.3) is 0 Å². The molecule has 2 N–H and O–H groups in total. The van der Waals surface area contributed by atoms with Crippen LogP contribution in [0.25, 0.3) is 0 Å². The minimum absolute atomic E-state index is 0.360. The smallest absolute Gasteiger partial charge is 0.0835 e. The highest BCUT2D eigenvalue weighted by molar-refractivity contribution is 5.27. The van der Waals surface area contributed by atoms with Crippen LogP contribution in [0.3, 0.4) is 0 Å². The van der Waals surface area contributed by atoms with Crippen molar-refractivity contribution in [3.05, 3.63) is 35.4 Å². The normalized spacial score (nSPS) is 23.1. The standard InChI is InChI=1S/C16H24N2/c1-2-5-13(6-3-1)14-7-9-15(10-8-14)16-17-11-4-12-18-16/h7-10,13,16-18H,1-6,11-12H2. The fourth-order valence-corrected chi connectivity index (χ4v) is 3.29. The van der Waals surface area contributed by atoms with E-state index < -0.39 is 0 Å². The quantitative estimate of drug-likeness (QED) is 0.834. The Bertz CT molecular complexity index is 322. The van der Waals surface area contributed by atoms with Gasteiger partial charge in [0.05, 0.1) is 6.17 Å². The van der Waals surface area contributed by atoms with Gasteiger partial charge >= 0.3 is 0 Å². The Morgan fingerprint density at radius 3 is 2.00 bits per heavy atom. The van der Waals surface area contributed by atoms with Crippen molar-refractivity contribution < 1.29 is 0 Å². The molecule has 1 aliphatic heterocycles. The van der Waals surface area contributed by atoms with Gasteiger partial charge in [-0.2, -0.15) is 0 Å². The topological polar surface area (TPSA) is 24.1 Å². The molecule has 0 radical (unpaired) electrons. The molecule has 1 aromatic carbocycles. The van der Waals surface area contributed by atoms with Crippen molar-refractivity contribution in [3.8, 4) is 0 Å². The first-order valence-corrected chi connectivity index (χ1v) is 7.50. The van der Waals surface area contributed by atoms with E-state index in [2.05, 4.69) is 34.9 Å². The van der Waals surface area contributed by atoms with Crippen LogP contribution >= 0.6 is 0 Å². The SMILES string of the molecule is c1cc(C2NCCCN2)ccc1C1CCCCC1. The summed E-state index contributed by atoms with van der Waals surface area (Å²) in [4.78, 5) is 0. The summed E-state index contributed by atoms with van der Waals surface area (Å²) < 4.78 is 0. The average Bonchev–Trinajstić information content (AvgIpc) is 2.49. The summed E-state index contributed by atoms with van der Waals surface area (Å²) in [6, 6.07) is 9.31. The molecule has 2 nitrogen and oxygen atoms in total. The highest BCUT2D eigenvalue weighted by atomic mass is 15.1. The molecule has 1 saturated carbocycles. The largest absolute Gasteiger partial charge is 0.298 e. The summed E-state index contributed by atoms with van der Waals surface area (Å²) in [5.74, 6) is 0.820. The van der Waals surface area contributed by atoms with Crippen molar-refractivity contribution in [3.63, 3.8) is 0 Å². The lowest BCUT2D eigenvalue weighted by Crippen LogP contribution is -2.41. The summed E-state index contributed by atoms with van der Waals surface area (Å²) in [7, 11) is 0. The van der Waals surface area contributed by atoms with Gasteiger partial charge in [0, 0.05) is 0 Å². The second-order valence-corrected chi connectivity index (χ2v) is 5.70. The van der Waals surface area contributed by atoms with Crippen molar-refractivity contribution in [2.24, 2.45) is 0 Å². The molecule has 0 atom stereocenters. The molecular weight excluding hydrogens is 220 g/mol. The molecule has 0 bridgehead atoms. The van der Waals surface area contributed by atoms with Crippen LogP contribution in [0.5, 0.6) is 0 Å². The molecule has 18 heavy (non-hydrogen) atoms. The number of hydrogen-bond acceptors (Lipinski definition) is 2. The van der Waals surface area contributed by atoms with Crippen molar-refractivity contribution in [1.82, 2.24) is 10.6 Å². The first-order valence-electron chi connectivity index (χ1n) is 7.50. The van der Waals surface area contributed by atoms with Crippen LogP contribution in [-0.2, 0) is 0 Å². The molecule has 98 valence electrons. The van der Waals surface area contributed by atoms with E-state index in [0.717, 1.165) is 19.0 Å². The molecule has 2 heteroatoms. The van der Waals surface area contributed by atoms with Gasteiger partial charge in [-0.1, -0.05) is 43.5 Å². The molecule has 0 aromatic heterocycles. The van der Waals surface area contributed by atoms with Crippen molar-refractivity contribution in [1.29, 1.82) is 0 Å². The third-order valence-corrected chi connectivity index (χ3v) is 4.40. The third kappa shape index (κ3) is 2.76. The fourth-order valence-electron chi connectivity index (χ4n) is 3.29. The third-order valence-electron chi connectivity index (χ3n) is 4.40. The van der Waals surface area contributed by atoms with Crippen LogP contribution in [0.15, 0.2) is 24.3 Å². The van der Waals surface area contributed by atoms with Gasteiger partial charge in [0.15, 0.2) is 0 Å². The van der Waals surface area contributed by atoms with E-state index in [1.54, 1.807) is 5.56 Å². The Hall–Kier alpha value is -0.860. The summed E-state index contributed by atoms with van der Waals surface area (Å²) in [6.07, 6.45) is 8.63. The minimum atomic E-state index is 0.360.